The molecule has 0 bridgehead atoms. The topological polar surface area (TPSA) is 83.9 Å². The molecule has 1 unspecified atom stereocenters. The Morgan fingerprint density at radius 2 is 1.90 bits per heavy atom. The van der Waals surface area contributed by atoms with Gasteiger partial charge in [-0.15, -0.1) is 0 Å². The highest BCUT2D eigenvalue weighted by Crippen LogP contribution is 2.45. The monoisotopic (exact) mass is 451 g/mol. The minimum Gasteiger partial charge on any atom is -0.475 e. The Morgan fingerprint density at radius 3 is 2.43 bits per heavy atom. The molecule has 30 heavy (non-hydrogen) atoms. The lowest BCUT2D eigenvalue weighted by Gasteiger charge is -2.50. The zero-order valence-electron chi connectivity index (χ0n) is 17.3. The van der Waals surface area contributed by atoms with E-state index >= 15 is 0 Å². The summed E-state index contributed by atoms with van der Waals surface area (Å²) in [6.07, 6.45) is -4.33. The Hall–Kier alpha value is -1.65. The van der Waals surface area contributed by atoms with Crippen LogP contribution in [0.15, 0.2) is 18.2 Å². The van der Waals surface area contributed by atoms with E-state index in [0.717, 1.165) is 13.0 Å². The van der Waals surface area contributed by atoms with Crippen molar-refractivity contribution >= 4 is 15.8 Å². The predicted molar refractivity (Wildman–Crippen MR) is 106 cm³/mol. The van der Waals surface area contributed by atoms with E-state index in [2.05, 4.69) is 36.9 Å². The maximum absolute atomic E-state index is 12.6. The second-order valence-corrected chi connectivity index (χ2v) is 10.4. The Labute approximate surface area is 174 Å². The molecule has 1 aromatic carbocycles. The summed E-state index contributed by atoms with van der Waals surface area (Å²) in [5, 5.41) is 7.12. The minimum atomic E-state index is -5.08. The van der Waals surface area contributed by atoms with Gasteiger partial charge in [0, 0.05) is 32.2 Å². The number of aryl methyl sites for hydroxylation is 2. The van der Waals surface area contributed by atoms with Crippen LogP contribution in [0, 0.1) is 19.8 Å². The van der Waals surface area contributed by atoms with Crippen LogP contribution in [0.1, 0.15) is 30.0 Å². The Kier molecular flexibility index (Phi) is 7.58. The van der Waals surface area contributed by atoms with Crippen LogP contribution in [0.2, 0.25) is 0 Å². The first-order valence-electron chi connectivity index (χ1n) is 9.71. The molecule has 2 fully saturated rings. The third-order valence-electron chi connectivity index (χ3n) is 5.75. The van der Waals surface area contributed by atoms with Crippen molar-refractivity contribution in [2.24, 2.45) is 5.92 Å². The van der Waals surface area contributed by atoms with Crippen molar-refractivity contribution in [3.05, 3.63) is 34.9 Å². The predicted octanol–water partition coefficient (Wildman–Crippen LogP) is 2.96. The Bertz CT molecular complexity index is 864. The molecule has 10 heteroatoms. The lowest BCUT2D eigenvalue weighted by molar-refractivity contribution is -0.192. The lowest BCUT2D eigenvalue weighted by Crippen LogP contribution is -2.67. The molecular formula is C20H28F3NO5S. The molecular weight excluding hydrogens is 423 g/mol. The van der Waals surface area contributed by atoms with Crippen molar-refractivity contribution in [3.8, 4) is 0 Å². The van der Waals surface area contributed by atoms with E-state index in [4.69, 9.17) is 14.6 Å². The van der Waals surface area contributed by atoms with E-state index in [9.17, 15) is 21.6 Å². The molecule has 2 heterocycles. The molecule has 0 saturated carbocycles. The molecule has 0 aliphatic carbocycles. The fraction of sp³-hybridized carbons (Fsp3) is 0.650. The van der Waals surface area contributed by atoms with Gasteiger partial charge in [0.25, 0.3) is 0 Å². The third kappa shape index (κ3) is 5.33. The quantitative estimate of drug-likeness (QED) is 0.741. The molecule has 1 N–H and O–H groups in total. The number of aliphatic carboxylic acids is 1. The first kappa shape index (κ1) is 24.6. The molecule has 0 amide bonds. The van der Waals surface area contributed by atoms with Crippen molar-refractivity contribution in [3.63, 3.8) is 0 Å². The maximum atomic E-state index is 12.6. The smallest absolute Gasteiger partial charge is 0.475 e. The molecule has 6 nitrogen and oxygen atoms in total. The fourth-order valence-corrected chi connectivity index (χ4v) is 6.46. The summed E-state index contributed by atoms with van der Waals surface area (Å²) < 4.78 is 61.9. The van der Waals surface area contributed by atoms with Crippen molar-refractivity contribution in [2.45, 2.75) is 44.7 Å². The van der Waals surface area contributed by atoms with E-state index in [1.54, 1.807) is 0 Å². The van der Waals surface area contributed by atoms with Crippen molar-refractivity contribution in [1.29, 1.82) is 0 Å². The summed E-state index contributed by atoms with van der Waals surface area (Å²) in [6.45, 7) is 9.55. The van der Waals surface area contributed by atoms with Crippen LogP contribution < -0.4 is 0 Å². The number of nitrogens with zero attached hydrogens (tertiary/aromatic N) is 1. The van der Waals surface area contributed by atoms with Crippen LogP contribution in [0.3, 0.4) is 0 Å². The summed E-state index contributed by atoms with van der Waals surface area (Å²) in [5.74, 6) is -2.28. The van der Waals surface area contributed by atoms with Crippen LogP contribution >= 0.6 is 0 Å². The number of hydrogen-bond acceptors (Lipinski definition) is 5. The number of hydrogen-bond donors (Lipinski definition) is 1. The van der Waals surface area contributed by atoms with Crippen molar-refractivity contribution in [1.82, 2.24) is 4.90 Å². The number of halogens is 3. The van der Waals surface area contributed by atoms with E-state index in [1.807, 2.05) is 6.92 Å². The summed E-state index contributed by atoms with van der Waals surface area (Å²) in [7, 11) is -2.99. The zero-order chi connectivity index (χ0) is 22.7. The molecule has 2 saturated heterocycles. The van der Waals surface area contributed by atoms with E-state index in [1.165, 1.54) is 16.7 Å². The van der Waals surface area contributed by atoms with Gasteiger partial charge < -0.3 is 9.84 Å². The number of carboxylic acids is 1. The number of sulfone groups is 1. The van der Waals surface area contributed by atoms with Gasteiger partial charge in [0.2, 0.25) is 0 Å². The SMILES string of the molecule is CCOCC1CCS(=O)(=O)C12CN(Cc1cc(C)ccc1C)C2.O=C(O)C(F)(F)F. The number of alkyl halides is 3. The van der Waals surface area contributed by atoms with Gasteiger partial charge in [0.15, 0.2) is 9.84 Å². The average molecular weight is 452 g/mol. The molecule has 1 spiro atoms. The lowest BCUT2D eigenvalue weighted by atomic mass is 9.83. The minimum absolute atomic E-state index is 0.155. The number of benzene rings is 1. The molecule has 1 aromatic rings. The third-order valence-corrected chi connectivity index (χ3v) is 8.35. The number of carbonyl (C=O) groups is 1. The molecule has 2 aliphatic rings. The summed E-state index contributed by atoms with van der Waals surface area (Å²) >= 11 is 0. The first-order valence-corrected chi connectivity index (χ1v) is 11.4. The van der Waals surface area contributed by atoms with E-state index in [0.29, 0.717) is 32.1 Å². The van der Waals surface area contributed by atoms with E-state index in [-0.39, 0.29) is 5.92 Å². The highest BCUT2D eigenvalue weighted by molar-refractivity contribution is 7.93. The van der Waals surface area contributed by atoms with Crippen LogP contribution in [-0.2, 0) is 25.9 Å². The van der Waals surface area contributed by atoms with Gasteiger partial charge in [-0.2, -0.15) is 13.2 Å². The molecule has 0 aromatic heterocycles. The number of rotatable bonds is 5. The second-order valence-electron chi connectivity index (χ2n) is 7.91. The maximum Gasteiger partial charge on any atom is 0.490 e. The normalized spacial score (nSPS) is 22.3. The molecule has 2 aliphatic heterocycles. The number of likely N-dealkylation sites (tertiary alicyclic amines) is 1. The zero-order valence-corrected chi connectivity index (χ0v) is 18.1. The standard InChI is InChI=1S/C18H27NO3S.C2HF3O2/c1-4-22-11-17-7-8-23(20,21)18(17)12-19(13-18)10-16-9-14(2)5-6-15(16)3;3-2(4,5)1(6)7/h5-6,9,17H,4,7-8,10-13H2,1-3H3;(H,6,7). The van der Waals surface area contributed by atoms with Gasteiger partial charge in [-0.05, 0) is 38.3 Å². The highest BCUT2D eigenvalue weighted by Gasteiger charge is 2.61. The summed E-state index contributed by atoms with van der Waals surface area (Å²) in [4.78, 5) is 11.2. The molecule has 3 rings (SSSR count). The highest BCUT2D eigenvalue weighted by atomic mass is 32.2. The van der Waals surface area contributed by atoms with Gasteiger partial charge >= 0.3 is 12.1 Å². The summed E-state index contributed by atoms with van der Waals surface area (Å²) in [5.41, 5.74) is 3.83. The average Bonchev–Trinajstić information content (AvgIpc) is 2.86. The van der Waals surface area contributed by atoms with Gasteiger partial charge in [0.1, 0.15) is 4.75 Å². The molecule has 0 radical (unpaired) electrons. The van der Waals surface area contributed by atoms with Crippen LogP contribution in [0.25, 0.3) is 0 Å². The van der Waals surface area contributed by atoms with Crippen LogP contribution in [0.5, 0.6) is 0 Å². The fourth-order valence-electron chi connectivity index (χ4n) is 4.00. The first-order chi connectivity index (χ1) is 13.8. The number of ether oxygens (including phenoxy) is 1. The van der Waals surface area contributed by atoms with Gasteiger partial charge in [0.05, 0.1) is 12.4 Å². The van der Waals surface area contributed by atoms with Crippen LogP contribution in [0.4, 0.5) is 13.2 Å². The van der Waals surface area contributed by atoms with Gasteiger partial charge in [-0.3, -0.25) is 4.90 Å². The second kappa shape index (κ2) is 9.23. The summed E-state index contributed by atoms with van der Waals surface area (Å²) in [6, 6.07) is 6.47. The number of carboxylic acid groups (broad SMARTS) is 1. The molecule has 1 atom stereocenters. The largest absolute Gasteiger partial charge is 0.490 e. The van der Waals surface area contributed by atoms with Crippen molar-refractivity contribution < 1.29 is 36.2 Å². The van der Waals surface area contributed by atoms with Crippen molar-refractivity contribution in [2.75, 3.05) is 32.1 Å². The van der Waals surface area contributed by atoms with E-state index < -0.39 is 26.7 Å². The Morgan fingerprint density at radius 1 is 1.30 bits per heavy atom. The van der Waals surface area contributed by atoms with Gasteiger partial charge in [-0.25, -0.2) is 13.2 Å². The van der Waals surface area contributed by atoms with Crippen LogP contribution in [-0.4, -0.2) is 67.4 Å². The molecule has 170 valence electrons. The van der Waals surface area contributed by atoms with Gasteiger partial charge in [-0.1, -0.05) is 23.8 Å². The Balaban J connectivity index is 0.000000396.